The van der Waals surface area contributed by atoms with Gasteiger partial charge in [0.15, 0.2) is 0 Å². The molecule has 0 aromatic heterocycles. The number of hydrogen-bond acceptors (Lipinski definition) is 3. The van der Waals surface area contributed by atoms with Gasteiger partial charge in [-0.05, 0) is 12.8 Å². The van der Waals surface area contributed by atoms with Crippen LogP contribution in [0, 0.1) is 0 Å². The lowest BCUT2D eigenvalue weighted by molar-refractivity contribution is -0.141. The molecule has 1 aliphatic heterocycles. The summed E-state index contributed by atoms with van der Waals surface area (Å²) in [5.41, 5.74) is 0. The first kappa shape index (κ1) is 10.7. The maximum atomic E-state index is 11.3. The summed E-state index contributed by atoms with van der Waals surface area (Å²) < 4.78 is 0. The maximum Gasteiger partial charge on any atom is 0.331 e. The Morgan fingerprint density at radius 1 is 1.29 bits per heavy atom. The molecule has 78 valence electrons. The van der Waals surface area contributed by atoms with Crippen molar-refractivity contribution in [3.05, 3.63) is 0 Å². The van der Waals surface area contributed by atoms with Gasteiger partial charge in [-0.3, -0.25) is 19.8 Å². The summed E-state index contributed by atoms with van der Waals surface area (Å²) in [7, 11) is 0. The number of hydrogen-bond donors (Lipinski definition) is 1. The van der Waals surface area contributed by atoms with Crippen LogP contribution in [0.25, 0.3) is 0 Å². The zero-order valence-corrected chi connectivity index (χ0v) is 8.37. The van der Waals surface area contributed by atoms with Crippen molar-refractivity contribution in [2.45, 2.75) is 39.2 Å². The Hall–Kier alpha value is -1.39. The number of nitrogens with zero attached hydrogens (tertiary/aromatic N) is 1. The van der Waals surface area contributed by atoms with Crippen molar-refractivity contribution >= 4 is 17.8 Å². The van der Waals surface area contributed by atoms with Crippen LogP contribution in [0.2, 0.25) is 0 Å². The van der Waals surface area contributed by atoms with Gasteiger partial charge in [-0.25, -0.2) is 4.79 Å². The molecule has 0 saturated carbocycles. The Kier molecular flexibility index (Phi) is 3.22. The largest absolute Gasteiger partial charge is 0.331 e. The van der Waals surface area contributed by atoms with E-state index in [0.717, 1.165) is 17.7 Å². The second-order valence-electron chi connectivity index (χ2n) is 3.29. The van der Waals surface area contributed by atoms with Gasteiger partial charge >= 0.3 is 17.8 Å². The van der Waals surface area contributed by atoms with Gasteiger partial charge in [0.2, 0.25) is 0 Å². The third-order valence-corrected chi connectivity index (χ3v) is 2.31. The summed E-state index contributed by atoms with van der Waals surface area (Å²) in [6, 6.07) is -0.737. The van der Waals surface area contributed by atoms with E-state index < -0.39 is 17.8 Å². The van der Waals surface area contributed by atoms with Gasteiger partial charge in [0.1, 0.15) is 0 Å². The second kappa shape index (κ2) is 4.21. The molecule has 0 aliphatic carbocycles. The van der Waals surface area contributed by atoms with Gasteiger partial charge in [-0.2, -0.15) is 0 Å². The minimum Gasteiger partial charge on any atom is -0.269 e. The van der Waals surface area contributed by atoms with Crippen molar-refractivity contribution < 1.29 is 14.4 Å². The highest BCUT2D eigenvalue weighted by molar-refractivity contribution is 6.44. The first-order valence-electron chi connectivity index (χ1n) is 4.80. The first-order chi connectivity index (χ1) is 6.61. The Labute approximate surface area is 82.4 Å². The van der Waals surface area contributed by atoms with E-state index in [1.54, 1.807) is 0 Å². The summed E-state index contributed by atoms with van der Waals surface area (Å²) >= 11 is 0. The topological polar surface area (TPSA) is 66.5 Å². The third kappa shape index (κ3) is 1.76. The van der Waals surface area contributed by atoms with E-state index in [-0.39, 0.29) is 6.04 Å². The molecule has 0 aromatic carbocycles. The number of nitrogens with one attached hydrogen (secondary N) is 1. The average molecular weight is 198 g/mol. The number of urea groups is 1. The highest BCUT2D eigenvalue weighted by Crippen LogP contribution is 2.14. The van der Waals surface area contributed by atoms with Gasteiger partial charge in [0, 0.05) is 6.04 Å². The van der Waals surface area contributed by atoms with Gasteiger partial charge in [0.25, 0.3) is 0 Å². The summed E-state index contributed by atoms with van der Waals surface area (Å²) in [6.45, 7) is 3.87. The predicted molar refractivity (Wildman–Crippen MR) is 49.4 cm³/mol. The van der Waals surface area contributed by atoms with E-state index in [0.29, 0.717) is 6.42 Å². The predicted octanol–water partition coefficient (Wildman–Crippen LogP) is 0.643. The molecule has 5 heteroatoms. The van der Waals surface area contributed by atoms with Crippen LogP contribution in [-0.4, -0.2) is 28.8 Å². The lowest BCUT2D eigenvalue weighted by atomic mass is 10.1. The standard InChI is InChI=1S/C9H14N2O3/c1-3-5-6(4-2)11-8(13)7(12)10-9(11)14/h6H,3-5H2,1-2H3,(H,10,12,14). The molecular formula is C9H14N2O3. The summed E-state index contributed by atoms with van der Waals surface area (Å²) in [6.07, 6.45) is 2.30. The van der Waals surface area contributed by atoms with Gasteiger partial charge in [-0.1, -0.05) is 20.3 Å². The second-order valence-corrected chi connectivity index (χ2v) is 3.29. The van der Waals surface area contributed by atoms with Gasteiger partial charge in [0.05, 0.1) is 0 Å². The molecule has 1 N–H and O–H groups in total. The number of carbonyl (C=O) groups excluding carboxylic acids is 3. The van der Waals surface area contributed by atoms with Crippen LogP contribution in [0.15, 0.2) is 0 Å². The summed E-state index contributed by atoms with van der Waals surface area (Å²) in [5, 5.41) is 1.99. The Morgan fingerprint density at radius 2 is 1.93 bits per heavy atom. The third-order valence-electron chi connectivity index (χ3n) is 2.31. The van der Waals surface area contributed by atoms with Gasteiger partial charge in [-0.15, -0.1) is 0 Å². The Balaban J connectivity index is 2.79. The molecule has 1 fully saturated rings. The molecule has 1 rings (SSSR count). The van der Waals surface area contributed by atoms with Crippen LogP contribution in [0.4, 0.5) is 4.79 Å². The average Bonchev–Trinajstić information content (AvgIpc) is 2.39. The Morgan fingerprint density at radius 3 is 2.29 bits per heavy atom. The number of carbonyl (C=O) groups is 3. The molecule has 0 radical (unpaired) electrons. The molecule has 1 atom stereocenters. The minimum absolute atomic E-state index is 0.154. The highest BCUT2D eigenvalue weighted by atomic mass is 16.2. The van der Waals surface area contributed by atoms with Crippen molar-refractivity contribution in [3.63, 3.8) is 0 Å². The zero-order valence-electron chi connectivity index (χ0n) is 8.37. The van der Waals surface area contributed by atoms with E-state index in [2.05, 4.69) is 0 Å². The molecule has 1 heterocycles. The van der Waals surface area contributed by atoms with Crippen LogP contribution in [-0.2, 0) is 9.59 Å². The quantitative estimate of drug-likeness (QED) is 0.532. The molecule has 0 spiro atoms. The normalized spacial score (nSPS) is 18.7. The number of imide groups is 2. The molecule has 1 unspecified atom stereocenters. The van der Waals surface area contributed by atoms with E-state index >= 15 is 0 Å². The van der Waals surface area contributed by atoms with Crippen LogP contribution >= 0.6 is 0 Å². The highest BCUT2D eigenvalue weighted by Gasteiger charge is 2.40. The monoisotopic (exact) mass is 198 g/mol. The van der Waals surface area contributed by atoms with Crippen molar-refractivity contribution in [1.29, 1.82) is 0 Å². The maximum absolute atomic E-state index is 11.3. The number of rotatable bonds is 4. The zero-order chi connectivity index (χ0) is 10.7. The van der Waals surface area contributed by atoms with Gasteiger partial charge < -0.3 is 0 Å². The van der Waals surface area contributed by atoms with E-state index in [4.69, 9.17) is 0 Å². The molecule has 4 amide bonds. The fourth-order valence-corrected chi connectivity index (χ4v) is 1.59. The molecule has 1 saturated heterocycles. The van der Waals surface area contributed by atoms with Crippen LogP contribution in [0.5, 0.6) is 0 Å². The summed E-state index contributed by atoms with van der Waals surface area (Å²) in [5.74, 6) is -1.54. The van der Waals surface area contributed by atoms with Crippen molar-refractivity contribution in [3.8, 4) is 0 Å². The van der Waals surface area contributed by atoms with E-state index in [1.807, 2.05) is 19.2 Å². The Bertz CT molecular complexity index is 275. The van der Waals surface area contributed by atoms with Crippen LogP contribution < -0.4 is 5.32 Å². The molecule has 0 aromatic rings. The molecular weight excluding hydrogens is 184 g/mol. The minimum atomic E-state index is -0.815. The van der Waals surface area contributed by atoms with Crippen molar-refractivity contribution in [1.82, 2.24) is 10.2 Å². The van der Waals surface area contributed by atoms with E-state index in [9.17, 15) is 14.4 Å². The van der Waals surface area contributed by atoms with Crippen molar-refractivity contribution in [2.75, 3.05) is 0 Å². The summed E-state index contributed by atoms with van der Waals surface area (Å²) in [4.78, 5) is 34.5. The van der Waals surface area contributed by atoms with E-state index in [1.165, 1.54) is 0 Å². The lowest BCUT2D eigenvalue weighted by Gasteiger charge is -2.22. The first-order valence-corrected chi connectivity index (χ1v) is 4.80. The fraction of sp³-hybridized carbons (Fsp3) is 0.667. The van der Waals surface area contributed by atoms with Crippen LogP contribution in [0.1, 0.15) is 33.1 Å². The smallest absolute Gasteiger partial charge is 0.269 e. The molecule has 1 aliphatic rings. The van der Waals surface area contributed by atoms with Crippen LogP contribution in [0.3, 0.4) is 0 Å². The molecule has 5 nitrogen and oxygen atoms in total. The SMILES string of the molecule is CCCC(CC)N1C(=O)NC(=O)C1=O. The molecule has 14 heavy (non-hydrogen) atoms. The fourth-order valence-electron chi connectivity index (χ4n) is 1.59. The molecule has 0 bridgehead atoms. The van der Waals surface area contributed by atoms with Crippen molar-refractivity contribution in [2.24, 2.45) is 0 Å². The lowest BCUT2D eigenvalue weighted by Crippen LogP contribution is -2.40. The number of amides is 4.